The summed E-state index contributed by atoms with van der Waals surface area (Å²) in [7, 11) is 3.42. The molecule has 0 aliphatic heterocycles. The van der Waals surface area contributed by atoms with Crippen LogP contribution in [0.5, 0.6) is 11.5 Å². The third-order valence-electron chi connectivity index (χ3n) is 4.60. The summed E-state index contributed by atoms with van der Waals surface area (Å²) in [5.41, 5.74) is 1.57. The van der Waals surface area contributed by atoms with Crippen LogP contribution in [0.4, 0.5) is 0 Å². The second-order valence-corrected chi connectivity index (χ2v) is 5.96. The number of hydrogen-bond acceptors (Lipinski definition) is 3. The number of nitrogens with one attached hydrogen (secondary N) is 1. The van der Waals surface area contributed by atoms with E-state index in [1.807, 2.05) is 12.1 Å². The zero-order valence-electron chi connectivity index (χ0n) is 13.2. The van der Waals surface area contributed by atoms with Gasteiger partial charge in [0.05, 0.1) is 14.2 Å². The van der Waals surface area contributed by atoms with Crippen LogP contribution in [0.25, 0.3) is 0 Å². The van der Waals surface area contributed by atoms with Crippen molar-refractivity contribution in [3.05, 3.63) is 23.8 Å². The van der Waals surface area contributed by atoms with Crippen molar-refractivity contribution in [3.8, 4) is 11.5 Å². The molecule has 20 heavy (non-hydrogen) atoms. The highest BCUT2D eigenvalue weighted by molar-refractivity contribution is 5.43. The molecule has 1 aromatic rings. The molecule has 3 nitrogen and oxygen atoms in total. The first-order chi connectivity index (χ1) is 9.64. The molecular formula is C17H27NO2. The predicted molar refractivity (Wildman–Crippen MR) is 82.5 cm³/mol. The zero-order chi connectivity index (χ0) is 14.6. The van der Waals surface area contributed by atoms with E-state index in [1.54, 1.807) is 14.2 Å². The molecule has 1 fully saturated rings. The summed E-state index contributed by atoms with van der Waals surface area (Å²) in [6.45, 7) is 5.54. The molecule has 1 atom stereocenters. The molecule has 1 aromatic carbocycles. The maximum absolute atomic E-state index is 5.60. The molecule has 1 aliphatic carbocycles. The molecule has 0 aromatic heterocycles. The van der Waals surface area contributed by atoms with Gasteiger partial charge in [0.15, 0.2) is 0 Å². The van der Waals surface area contributed by atoms with Gasteiger partial charge in [0.2, 0.25) is 0 Å². The second kappa shape index (κ2) is 6.49. The van der Waals surface area contributed by atoms with E-state index in [0.29, 0.717) is 11.5 Å². The molecule has 0 heterocycles. The van der Waals surface area contributed by atoms with E-state index in [4.69, 9.17) is 9.47 Å². The highest BCUT2D eigenvalue weighted by atomic mass is 16.5. The van der Waals surface area contributed by atoms with Crippen LogP contribution in [0.15, 0.2) is 18.2 Å². The van der Waals surface area contributed by atoms with Crippen molar-refractivity contribution in [2.45, 2.75) is 45.6 Å². The van der Waals surface area contributed by atoms with Gasteiger partial charge < -0.3 is 14.8 Å². The number of methoxy groups -OCH3 is 2. The average molecular weight is 277 g/mol. The van der Waals surface area contributed by atoms with Gasteiger partial charge in [0.1, 0.15) is 11.5 Å². The lowest BCUT2D eigenvalue weighted by molar-refractivity contribution is 0.221. The van der Waals surface area contributed by atoms with Crippen LogP contribution in [0.2, 0.25) is 0 Å². The largest absolute Gasteiger partial charge is 0.497 e. The second-order valence-electron chi connectivity index (χ2n) is 5.96. The van der Waals surface area contributed by atoms with Crippen LogP contribution in [0, 0.1) is 5.41 Å². The molecule has 0 amide bonds. The van der Waals surface area contributed by atoms with Crippen molar-refractivity contribution in [1.29, 1.82) is 0 Å². The van der Waals surface area contributed by atoms with Crippen LogP contribution in [0.3, 0.4) is 0 Å². The Kier molecular flexibility index (Phi) is 4.92. The summed E-state index contributed by atoms with van der Waals surface area (Å²) in [4.78, 5) is 0. The molecule has 3 heteroatoms. The van der Waals surface area contributed by atoms with Crippen LogP contribution >= 0.6 is 0 Å². The van der Waals surface area contributed by atoms with Crippen LogP contribution in [0.1, 0.15) is 51.1 Å². The average Bonchev–Trinajstić information content (AvgIpc) is 2.92. The highest BCUT2D eigenvalue weighted by Crippen LogP contribution is 2.49. The van der Waals surface area contributed by atoms with E-state index in [1.165, 1.54) is 31.2 Å². The summed E-state index contributed by atoms with van der Waals surface area (Å²) in [6, 6.07) is 6.50. The van der Waals surface area contributed by atoms with Crippen molar-refractivity contribution < 1.29 is 9.47 Å². The Morgan fingerprint density at radius 1 is 1.20 bits per heavy atom. The highest BCUT2D eigenvalue weighted by Gasteiger charge is 2.38. The van der Waals surface area contributed by atoms with E-state index < -0.39 is 0 Å². The van der Waals surface area contributed by atoms with Crippen LogP contribution in [-0.2, 0) is 0 Å². The molecule has 0 spiro atoms. The fourth-order valence-corrected chi connectivity index (χ4v) is 3.46. The Balaban J connectivity index is 2.38. The Hall–Kier alpha value is -1.22. The first-order valence-corrected chi connectivity index (χ1v) is 7.60. The van der Waals surface area contributed by atoms with Gasteiger partial charge in [-0.25, -0.2) is 0 Å². The molecule has 0 bridgehead atoms. The van der Waals surface area contributed by atoms with Gasteiger partial charge in [-0.1, -0.05) is 32.8 Å². The van der Waals surface area contributed by atoms with Gasteiger partial charge in [0, 0.05) is 17.7 Å². The van der Waals surface area contributed by atoms with Gasteiger partial charge in [-0.2, -0.15) is 0 Å². The fourth-order valence-electron chi connectivity index (χ4n) is 3.46. The first-order valence-electron chi connectivity index (χ1n) is 7.60. The van der Waals surface area contributed by atoms with Crippen molar-refractivity contribution in [2.24, 2.45) is 5.41 Å². The normalized spacial score (nSPS) is 18.8. The third kappa shape index (κ3) is 2.93. The minimum Gasteiger partial charge on any atom is -0.497 e. The zero-order valence-corrected chi connectivity index (χ0v) is 13.2. The standard InChI is InChI=1S/C17H27NO2/c1-5-18-16(17(2)10-6-7-11-17)14-9-8-13(19-3)12-15(14)20-4/h8-9,12,16,18H,5-7,10-11H2,1-4H3. The van der Waals surface area contributed by atoms with Crippen molar-refractivity contribution in [2.75, 3.05) is 20.8 Å². The van der Waals surface area contributed by atoms with Gasteiger partial charge >= 0.3 is 0 Å². The Labute approximate surface area is 122 Å². The summed E-state index contributed by atoms with van der Waals surface area (Å²) >= 11 is 0. The molecule has 112 valence electrons. The number of ether oxygens (including phenoxy) is 2. The summed E-state index contributed by atoms with van der Waals surface area (Å²) < 4.78 is 10.9. The van der Waals surface area contributed by atoms with E-state index in [-0.39, 0.29) is 0 Å². The van der Waals surface area contributed by atoms with Crippen molar-refractivity contribution in [3.63, 3.8) is 0 Å². The minimum absolute atomic E-state index is 0.317. The molecule has 1 saturated carbocycles. The van der Waals surface area contributed by atoms with Gasteiger partial charge in [0.25, 0.3) is 0 Å². The van der Waals surface area contributed by atoms with Crippen molar-refractivity contribution in [1.82, 2.24) is 5.32 Å². The molecule has 0 saturated heterocycles. The molecule has 1 unspecified atom stereocenters. The maximum atomic E-state index is 5.60. The van der Waals surface area contributed by atoms with Gasteiger partial charge in [-0.3, -0.25) is 0 Å². The molecule has 1 aliphatic rings. The van der Waals surface area contributed by atoms with Gasteiger partial charge in [-0.05, 0) is 30.9 Å². The van der Waals surface area contributed by atoms with Crippen LogP contribution in [-0.4, -0.2) is 20.8 Å². The first kappa shape index (κ1) is 15.2. The molecular weight excluding hydrogens is 250 g/mol. The lowest BCUT2D eigenvalue weighted by atomic mass is 9.77. The summed E-state index contributed by atoms with van der Waals surface area (Å²) in [5, 5.41) is 3.67. The summed E-state index contributed by atoms with van der Waals surface area (Å²) in [6.07, 6.45) is 5.22. The third-order valence-corrected chi connectivity index (χ3v) is 4.60. The summed E-state index contributed by atoms with van der Waals surface area (Å²) in [5.74, 6) is 1.76. The fraction of sp³-hybridized carbons (Fsp3) is 0.647. The minimum atomic E-state index is 0.317. The lowest BCUT2D eigenvalue weighted by Crippen LogP contribution is -2.34. The number of rotatable bonds is 6. The Morgan fingerprint density at radius 3 is 2.45 bits per heavy atom. The predicted octanol–water partition coefficient (Wildman–Crippen LogP) is 3.93. The monoisotopic (exact) mass is 277 g/mol. The molecule has 2 rings (SSSR count). The van der Waals surface area contributed by atoms with E-state index in [0.717, 1.165) is 18.0 Å². The Morgan fingerprint density at radius 2 is 1.90 bits per heavy atom. The topological polar surface area (TPSA) is 30.5 Å². The Bertz CT molecular complexity index is 439. The SMILES string of the molecule is CCNC(c1ccc(OC)cc1OC)C1(C)CCCC1. The number of hydrogen-bond donors (Lipinski definition) is 1. The number of benzene rings is 1. The quantitative estimate of drug-likeness (QED) is 0.854. The smallest absolute Gasteiger partial charge is 0.127 e. The van der Waals surface area contributed by atoms with Gasteiger partial charge in [-0.15, -0.1) is 0 Å². The molecule has 1 N–H and O–H groups in total. The maximum Gasteiger partial charge on any atom is 0.127 e. The van der Waals surface area contributed by atoms with E-state index in [2.05, 4.69) is 25.2 Å². The lowest BCUT2D eigenvalue weighted by Gasteiger charge is -2.36. The van der Waals surface area contributed by atoms with Crippen molar-refractivity contribution >= 4 is 0 Å². The van der Waals surface area contributed by atoms with Crippen LogP contribution < -0.4 is 14.8 Å². The van der Waals surface area contributed by atoms with E-state index >= 15 is 0 Å². The molecule has 0 radical (unpaired) electrons. The van der Waals surface area contributed by atoms with E-state index in [9.17, 15) is 0 Å².